The van der Waals surface area contributed by atoms with E-state index >= 15 is 0 Å². The summed E-state index contributed by atoms with van der Waals surface area (Å²) in [6.45, 7) is 1.62. The number of nitriles is 1. The van der Waals surface area contributed by atoms with Crippen LogP contribution >= 0.6 is 27.5 Å². The summed E-state index contributed by atoms with van der Waals surface area (Å²) < 4.78 is 26.9. The Morgan fingerprint density at radius 1 is 1.59 bits per heavy atom. The van der Waals surface area contributed by atoms with Crippen LogP contribution in [0, 0.1) is 11.3 Å². The molecule has 1 aromatic rings. The molecule has 0 heterocycles. The molecule has 17 heavy (non-hydrogen) atoms. The summed E-state index contributed by atoms with van der Waals surface area (Å²) in [5, 5.41) is 8.61. The molecule has 7 heteroatoms. The maximum absolute atomic E-state index is 11.9. The van der Waals surface area contributed by atoms with Crippen molar-refractivity contribution in [2.75, 3.05) is 0 Å². The van der Waals surface area contributed by atoms with Crippen LogP contribution in [0.3, 0.4) is 0 Å². The Labute approximate surface area is 114 Å². The van der Waals surface area contributed by atoms with E-state index in [1.807, 2.05) is 6.07 Å². The Morgan fingerprint density at radius 3 is 2.76 bits per heavy atom. The van der Waals surface area contributed by atoms with Gasteiger partial charge in [-0.2, -0.15) is 5.26 Å². The van der Waals surface area contributed by atoms with Gasteiger partial charge in [-0.05, 0) is 25.1 Å². The van der Waals surface area contributed by atoms with Gasteiger partial charge in [-0.3, -0.25) is 0 Å². The molecule has 0 saturated heterocycles. The van der Waals surface area contributed by atoms with Crippen molar-refractivity contribution >= 4 is 37.6 Å². The molecule has 0 saturated carbocycles. The molecule has 1 N–H and O–H groups in total. The van der Waals surface area contributed by atoms with Crippen molar-refractivity contribution in [1.29, 1.82) is 5.26 Å². The predicted octanol–water partition coefficient (Wildman–Crippen LogP) is 2.68. The zero-order chi connectivity index (χ0) is 13.1. The van der Waals surface area contributed by atoms with Crippen LogP contribution in [-0.4, -0.2) is 14.5 Å². The number of hydrogen-bond acceptors (Lipinski definition) is 3. The van der Waals surface area contributed by atoms with Crippen LogP contribution in [0.25, 0.3) is 0 Å². The third-order valence-corrected chi connectivity index (χ3v) is 4.50. The van der Waals surface area contributed by atoms with Crippen LogP contribution < -0.4 is 4.72 Å². The molecule has 1 unspecified atom stereocenters. The van der Waals surface area contributed by atoms with Crippen LogP contribution in [0.4, 0.5) is 0 Å². The van der Waals surface area contributed by atoms with Crippen molar-refractivity contribution in [3.63, 3.8) is 0 Å². The monoisotopic (exact) mass is 336 g/mol. The fourth-order valence-corrected chi connectivity index (χ4v) is 3.48. The molecule has 0 aromatic heterocycles. The van der Waals surface area contributed by atoms with Gasteiger partial charge in [-0.25, -0.2) is 13.1 Å². The predicted molar refractivity (Wildman–Crippen MR) is 69.2 cm³/mol. The van der Waals surface area contributed by atoms with Gasteiger partial charge in [0.2, 0.25) is 10.0 Å². The van der Waals surface area contributed by atoms with E-state index in [0.29, 0.717) is 4.47 Å². The molecule has 0 spiro atoms. The van der Waals surface area contributed by atoms with Gasteiger partial charge in [-0.1, -0.05) is 27.5 Å². The van der Waals surface area contributed by atoms with Gasteiger partial charge in [0.1, 0.15) is 4.90 Å². The first-order valence-corrected chi connectivity index (χ1v) is 7.36. The topological polar surface area (TPSA) is 70.0 Å². The lowest BCUT2D eigenvalue weighted by atomic mass is 10.3. The van der Waals surface area contributed by atoms with Crippen LogP contribution in [0.5, 0.6) is 0 Å². The molecule has 0 bridgehead atoms. The van der Waals surface area contributed by atoms with Crippen molar-refractivity contribution in [2.45, 2.75) is 24.3 Å². The van der Waals surface area contributed by atoms with Gasteiger partial charge < -0.3 is 0 Å². The van der Waals surface area contributed by atoms with E-state index in [2.05, 4.69) is 20.7 Å². The summed E-state index contributed by atoms with van der Waals surface area (Å²) >= 11 is 9.06. The minimum Gasteiger partial charge on any atom is -0.207 e. The normalized spacial score (nSPS) is 13.1. The first-order chi connectivity index (χ1) is 7.86. The highest BCUT2D eigenvalue weighted by Gasteiger charge is 2.20. The van der Waals surface area contributed by atoms with E-state index in [1.54, 1.807) is 13.0 Å². The Bertz CT molecular complexity index is 554. The molecule has 0 radical (unpaired) electrons. The molecule has 0 amide bonds. The molecule has 92 valence electrons. The fraction of sp³-hybridized carbons (Fsp3) is 0.300. The SMILES string of the molecule is CC(CC#N)NS(=O)(=O)c1ccc(Br)cc1Cl. The quantitative estimate of drug-likeness (QED) is 0.918. The van der Waals surface area contributed by atoms with Crippen LogP contribution in [0.1, 0.15) is 13.3 Å². The summed E-state index contributed by atoms with van der Waals surface area (Å²) in [5.41, 5.74) is 0. The molecule has 0 aliphatic heterocycles. The van der Waals surface area contributed by atoms with Gasteiger partial charge in [-0.15, -0.1) is 0 Å². The second-order valence-corrected chi connectivity index (χ2v) is 6.46. The lowest BCUT2D eigenvalue weighted by Gasteiger charge is -2.12. The van der Waals surface area contributed by atoms with Gasteiger partial charge >= 0.3 is 0 Å². The van der Waals surface area contributed by atoms with Crippen molar-refractivity contribution < 1.29 is 8.42 Å². The van der Waals surface area contributed by atoms with Crippen molar-refractivity contribution in [3.8, 4) is 6.07 Å². The third-order valence-electron chi connectivity index (χ3n) is 1.94. The first-order valence-electron chi connectivity index (χ1n) is 4.71. The zero-order valence-electron chi connectivity index (χ0n) is 8.94. The largest absolute Gasteiger partial charge is 0.242 e. The Kier molecular flexibility index (Phi) is 4.95. The first kappa shape index (κ1) is 14.5. The van der Waals surface area contributed by atoms with E-state index in [4.69, 9.17) is 16.9 Å². The fourth-order valence-electron chi connectivity index (χ4n) is 1.20. The molecule has 1 aromatic carbocycles. The van der Waals surface area contributed by atoms with Crippen molar-refractivity contribution in [3.05, 3.63) is 27.7 Å². The zero-order valence-corrected chi connectivity index (χ0v) is 12.1. The van der Waals surface area contributed by atoms with E-state index in [1.165, 1.54) is 12.1 Å². The van der Waals surface area contributed by atoms with Gasteiger partial charge in [0.05, 0.1) is 17.5 Å². The van der Waals surface area contributed by atoms with Crippen molar-refractivity contribution in [1.82, 2.24) is 4.72 Å². The third kappa shape index (κ3) is 3.96. The average molecular weight is 338 g/mol. The Morgan fingerprint density at radius 2 is 2.24 bits per heavy atom. The number of rotatable bonds is 4. The van der Waals surface area contributed by atoms with Gasteiger partial charge in [0.25, 0.3) is 0 Å². The van der Waals surface area contributed by atoms with Crippen LogP contribution in [0.15, 0.2) is 27.6 Å². The second-order valence-electron chi connectivity index (χ2n) is 3.46. The standard InChI is InChI=1S/C10H10BrClN2O2S/c1-7(4-5-13)14-17(15,16)10-3-2-8(11)6-9(10)12/h2-3,6-7,14H,4H2,1H3. The van der Waals surface area contributed by atoms with E-state index in [9.17, 15) is 8.42 Å². The Balaban J connectivity index is 3.02. The molecule has 0 aliphatic rings. The highest BCUT2D eigenvalue weighted by atomic mass is 79.9. The molecule has 0 aliphatic carbocycles. The van der Waals surface area contributed by atoms with Gasteiger partial charge in [0.15, 0.2) is 0 Å². The lowest BCUT2D eigenvalue weighted by molar-refractivity contribution is 0.563. The highest BCUT2D eigenvalue weighted by Crippen LogP contribution is 2.25. The van der Waals surface area contributed by atoms with E-state index < -0.39 is 16.1 Å². The summed E-state index contributed by atoms with van der Waals surface area (Å²) in [6, 6.07) is 5.95. The summed E-state index contributed by atoms with van der Waals surface area (Å²) in [6.07, 6.45) is 0.105. The van der Waals surface area contributed by atoms with Crippen LogP contribution in [0.2, 0.25) is 5.02 Å². The maximum Gasteiger partial charge on any atom is 0.242 e. The smallest absolute Gasteiger partial charge is 0.207 e. The molecule has 4 nitrogen and oxygen atoms in total. The Hall–Kier alpha value is -0.610. The number of halogens is 2. The number of benzene rings is 1. The van der Waals surface area contributed by atoms with E-state index in [0.717, 1.165) is 0 Å². The number of hydrogen-bond donors (Lipinski definition) is 1. The summed E-state index contributed by atoms with van der Waals surface area (Å²) in [7, 11) is -3.68. The van der Waals surface area contributed by atoms with Gasteiger partial charge in [0, 0.05) is 10.5 Å². The van der Waals surface area contributed by atoms with Crippen LogP contribution in [-0.2, 0) is 10.0 Å². The second kappa shape index (κ2) is 5.83. The molecule has 1 atom stereocenters. The van der Waals surface area contributed by atoms with E-state index in [-0.39, 0.29) is 16.3 Å². The number of nitrogens with zero attached hydrogens (tertiary/aromatic N) is 1. The molecule has 0 fully saturated rings. The maximum atomic E-state index is 11.9. The summed E-state index contributed by atoms with van der Waals surface area (Å²) in [4.78, 5) is 0.00663. The minimum atomic E-state index is -3.68. The number of sulfonamides is 1. The molecule has 1 rings (SSSR count). The highest BCUT2D eigenvalue weighted by molar-refractivity contribution is 9.10. The van der Waals surface area contributed by atoms with Crippen molar-refractivity contribution in [2.24, 2.45) is 0 Å². The average Bonchev–Trinajstić information content (AvgIpc) is 2.15. The minimum absolute atomic E-state index is 0.00663. The molecular weight excluding hydrogens is 328 g/mol. The lowest BCUT2D eigenvalue weighted by Crippen LogP contribution is -2.32. The molecular formula is C10H10BrClN2O2S. The number of nitrogens with one attached hydrogen (secondary N) is 1. The summed E-state index contributed by atoms with van der Waals surface area (Å²) in [5.74, 6) is 0.